The Morgan fingerprint density at radius 1 is 0.338 bits per heavy atom. The lowest BCUT2D eigenvalue weighted by atomic mass is 9.60. The van der Waals surface area contributed by atoms with Crippen molar-refractivity contribution in [2.45, 2.75) is 165 Å². The maximum absolute atomic E-state index is 14.4. The van der Waals surface area contributed by atoms with Gasteiger partial charge < -0.3 is 57.6 Å². The van der Waals surface area contributed by atoms with Crippen molar-refractivity contribution < 1.29 is 93.7 Å². The number of halogens is 8. The van der Waals surface area contributed by atoms with Gasteiger partial charge in [-0.1, -0.05) is 0 Å². The average molecular weight is 1860 g/mol. The highest BCUT2D eigenvalue weighted by Gasteiger charge is 2.52. The van der Waals surface area contributed by atoms with Crippen LogP contribution in [0.3, 0.4) is 0 Å². The van der Waals surface area contributed by atoms with Crippen molar-refractivity contribution in [2.24, 2.45) is 34.5 Å². The maximum Gasteiger partial charge on any atom is 0.309 e. The van der Waals surface area contributed by atoms with Gasteiger partial charge in [0.25, 0.3) is 0 Å². The molecular formula is C104H100F8N12O12. The molecule has 0 atom stereocenters. The highest BCUT2D eigenvalue weighted by Crippen LogP contribution is 2.59. The van der Waals surface area contributed by atoms with Gasteiger partial charge in [0.2, 0.25) is 0 Å². The molecule has 4 saturated heterocycles. The molecule has 8 aromatic carbocycles. The van der Waals surface area contributed by atoms with Crippen LogP contribution in [0.5, 0.6) is 0 Å². The maximum atomic E-state index is 14.4. The van der Waals surface area contributed by atoms with Crippen molar-refractivity contribution in [3.8, 4) is 22.7 Å². The van der Waals surface area contributed by atoms with Crippen LogP contribution in [-0.2, 0) is 51.0 Å². The lowest BCUT2D eigenvalue weighted by Gasteiger charge is -2.43. The van der Waals surface area contributed by atoms with E-state index in [4.69, 9.17) is 18.9 Å². The SMILES string of the molecule is CC1(C(=O)O)CC(c2c(C3CCOCC3)n(-c3ccc(F)c(F)c3)c3cc4cn[nH]c4cc23)C1.CC1(C(=O)O)CC(c2c(C3CCOCC3)n(-c3ccc(F)c(F)c3)c3cc4cn[nH]c4cc23)C1.O=C(O)C1CC(Cc2c(C3CCOCC3)n(-c3ccc(F)c(F)c3)c3cc4cn[nH]c4cc23)C1.O=C(O)C1CC(Cc2c(C3CCOCC3)n(-c3ccc(F)c(F)c3)c3cc4cn[nH]c4cc23)C1. The summed E-state index contributed by atoms with van der Waals surface area (Å²) in [6.45, 7) is 8.71. The summed E-state index contributed by atoms with van der Waals surface area (Å²) >= 11 is 0. The summed E-state index contributed by atoms with van der Waals surface area (Å²) in [7, 11) is 0. The summed E-state index contributed by atoms with van der Waals surface area (Å²) in [6.07, 6.45) is 19.9. The summed E-state index contributed by atoms with van der Waals surface area (Å²) in [4.78, 5) is 46.5. The van der Waals surface area contributed by atoms with Crippen molar-refractivity contribution in [1.82, 2.24) is 59.1 Å². The molecule has 16 aromatic rings. The third kappa shape index (κ3) is 16.3. The number of hydrogen-bond donors (Lipinski definition) is 8. The first kappa shape index (κ1) is 89.5. The molecule has 4 aliphatic heterocycles. The first-order chi connectivity index (χ1) is 65.7. The van der Waals surface area contributed by atoms with E-state index in [1.807, 2.05) is 33.4 Å². The zero-order chi connectivity index (χ0) is 94.0. The molecule has 24 nitrogen and oxygen atoms in total. The Kier molecular flexibility index (Phi) is 23.6. The highest BCUT2D eigenvalue weighted by molar-refractivity contribution is 6.03. The van der Waals surface area contributed by atoms with Crippen LogP contribution in [-0.4, -0.2) is 156 Å². The number of hydrogen-bond acceptors (Lipinski definition) is 12. The van der Waals surface area contributed by atoms with Gasteiger partial charge in [0, 0.05) is 189 Å². The van der Waals surface area contributed by atoms with Crippen LogP contribution in [0.25, 0.3) is 110 Å². The fraction of sp³-hybridized carbons (Fsp3) is 0.385. The van der Waals surface area contributed by atoms with E-state index in [0.717, 1.165) is 209 Å². The zero-order valence-corrected chi connectivity index (χ0v) is 74.7. The number of carboxylic acids is 4. The topological polar surface area (TPSA) is 321 Å². The van der Waals surface area contributed by atoms with Crippen molar-refractivity contribution in [3.05, 3.63) is 238 Å². The van der Waals surface area contributed by atoms with Gasteiger partial charge in [0.05, 0.1) is 91.6 Å². The van der Waals surface area contributed by atoms with Gasteiger partial charge in [-0.15, -0.1) is 0 Å². The molecule has 136 heavy (non-hydrogen) atoms. The number of ether oxygens (including phenoxy) is 4. The fourth-order valence-corrected chi connectivity index (χ4v) is 23.2. The number of carboxylic acid groups (broad SMARTS) is 4. The van der Waals surface area contributed by atoms with E-state index in [2.05, 4.69) is 74.2 Å². The predicted molar refractivity (Wildman–Crippen MR) is 493 cm³/mol. The molecule has 0 radical (unpaired) electrons. The molecule has 0 spiro atoms. The van der Waals surface area contributed by atoms with E-state index in [1.165, 1.54) is 36.4 Å². The molecule has 8 N–H and O–H groups in total. The Morgan fingerprint density at radius 3 is 0.846 bits per heavy atom. The van der Waals surface area contributed by atoms with E-state index >= 15 is 0 Å². The lowest BCUT2D eigenvalue weighted by Crippen LogP contribution is -2.40. The first-order valence-corrected chi connectivity index (χ1v) is 46.8. The van der Waals surface area contributed by atoms with Crippen LogP contribution in [0.4, 0.5) is 35.1 Å². The van der Waals surface area contributed by atoms with Gasteiger partial charge in [-0.25, -0.2) is 35.1 Å². The molecule has 32 heteroatoms. The van der Waals surface area contributed by atoms with Gasteiger partial charge in [-0.05, 0) is 272 Å². The summed E-state index contributed by atoms with van der Waals surface area (Å²) in [5.41, 5.74) is 16.8. The number of aromatic nitrogens is 12. The Morgan fingerprint density at radius 2 is 0.588 bits per heavy atom. The van der Waals surface area contributed by atoms with Crippen LogP contribution in [0.2, 0.25) is 0 Å². The van der Waals surface area contributed by atoms with Crippen molar-refractivity contribution >= 4 is 111 Å². The van der Waals surface area contributed by atoms with Gasteiger partial charge in [-0.3, -0.25) is 39.6 Å². The van der Waals surface area contributed by atoms with E-state index in [1.54, 1.807) is 62.9 Å². The number of H-pyrrole nitrogens is 4. The van der Waals surface area contributed by atoms with E-state index in [-0.39, 0.29) is 59.2 Å². The summed E-state index contributed by atoms with van der Waals surface area (Å²) in [5.74, 6) is -9.26. The highest BCUT2D eigenvalue weighted by atomic mass is 19.2. The van der Waals surface area contributed by atoms with Crippen molar-refractivity contribution in [3.63, 3.8) is 0 Å². The fourth-order valence-electron chi connectivity index (χ4n) is 23.2. The molecular weight excluding hydrogens is 1760 g/mol. The van der Waals surface area contributed by atoms with E-state index in [9.17, 15) is 74.7 Å². The second-order valence-corrected chi connectivity index (χ2v) is 39.0. The Bertz CT molecular complexity index is 6950. The Balaban J connectivity index is 0.000000108. The molecule has 12 heterocycles. The number of nitrogens with zero attached hydrogens (tertiary/aromatic N) is 8. The van der Waals surface area contributed by atoms with Crippen molar-refractivity contribution in [1.29, 1.82) is 0 Å². The standard InChI is InChI=1S/4C26H25F2N3O3/c2*1-26(25(32)33)11-16(12-26)23-18-10-21-15(13-29-30-21)8-22(18)31(17-2-3-19(27)20(28)9-17)24(23)14-4-6-34-7-5-14;2*27-21-2-1-18(11-22(21)28)31-24-10-17-13-29-30-23(17)12-19(24)20(9-14-7-16(8-14)26(32)33)25(31)15-3-5-34-6-4-15/h2*2-3,8-10,13-14,16H,4-7,11-12H2,1H3,(H,29,30)(H,32,33);2*1-2,10-16H,3-9H2,(H,29,30)(H,32,33). The van der Waals surface area contributed by atoms with Gasteiger partial charge in [-0.2, -0.15) is 20.4 Å². The molecule has 4 aliphatic carbocycles. The largest absolute Gasteiger partial charge is 0.481 e. The smallest absolute Gasteiger partial charge is 0.309 e. The minimum atomic E-state index is -0.898. The minimum absolute atomic E-state index is 0.0633. The normalized spacial score (nSPS) is 22.3. The molecule has 8 aromatic heterocycles. The van der Waals surface area contributed by atoms with E-state index < -0.39 is 81.2 Å². The first-order valence-electron chi connectivity index (χ1n) is 46.8. The number of benzene rings is 8. The average Bonchev–Trinajstić information content (AvgIpc) is 1.55. The number of carbonyl (C=O) groups is 4. The summed E-state index contributed by atoms with van der Waals surface area (Å²) < 4.78 is 144. The second kappa shape index (κ2) is 35.9. The molecule has 8 aliphatic rings. The monoisotopic (exact) mass is 1860 g/mol. The number of aliphatic carboxylic acids is 4. The van der Waals surface area contributed by atoms with Crippen molar-refractivity contribution in [2.75, 3.05) is 52.9 Å². The van der Waals surface area contributed by atoms with Gasteiger partial charge >= 0.3 is 23.9 Å². The van der Waals surface area contributed by atoms with Crippen LogP contribution in [0.15, 0.2) is 146 Å². The third-order valence-corrected chi connectivity index (χ3v) is 30.4. The quantitative estimate of drug-likeness (QED) is 0.0370. The molecule has 24 rings (SSSR count). The third-order valence-electron chi connectivity index (χ3n) is 30.4. The van der Waals surface area contributed by atoms with Crippen LogP contribution in [0, 0.1) is 81.0 Å². The minimum Gasteiger partial charge on any atom is -0.481 e. The second-order valence-electron chi connectivity index (χ2n) is 39.0. The zero-order valence-electron chi connectivity index (χ0n) is 74.7. The summed E-state index contributed by atoms with van der Waals surface area (Å²) in [6, 6.07) is 32.5. The molecule has 704 valence electrons. The number of nitrogens with one attached hydrogen (secondary N) is 4. The lowest BCUT2D eigenvalue weighted by molar-refractivity contribution is -0.154. The van der Waals surface area contributed by atoms with Gasteiger partial charge in [0.15, 0.2) is 46.5 Å². The molecule has 8 fully saturated rings. The molecule has 0 amide bonds. The molecule has 0 bridgehead atoms. The summed E-state index contributed by atoms with van der Waals surface area (Å²) in [5, 5.41) is 74.8. The van der Waals surface area contributed by atoms with Crippen LogP contribution < -0.4 is 0 Å². The predicted octanol–water partition coefficient (Wildman–Crippen LogP) is 22.0. The molecule has 0 unspecified atom stereocenters. The number of fused-ring (bicyclic) bond motifs is 8. The number of aromatic amines is 4. The number of rotatable bonds is 18. The van der Waals surface area contributed by atoms with E-state index in [0.29, 0.717) is 127 Å². The van der Waals surface area contributed by atoms with Gasteiger partial charge in [0.1, 0.15) is 0 Å². The molecule has 4 saturated carbocycles. The Hall–Kier alpha value is -13.0. The van der Waals surface area contributed by atoms with Crippen LogP contribution in [0.1, 0.15) is 197 Å². The Labute approximate surface area is 772 Å². The van der Waals surface area contributed by atoms with Crippen LogP contribution >= 0.6 is 0 Å².